The van der Waals surface area contributed by atoms with Gasteiger partial charge in [-0.15, -0.1) is 0 Å². The zero-order chi connectivity index (χ0) is 16.2. The van der Waals surface area contributed by atoms with Crippen LogP contribution >= 0.6 is 0 Å². The Labute approximate surface area is 132 Å². The Morgan fingerprint density at radius 1 is 1.13 bits per heavy atom. The van der Waals surface area contributed by atoms with E-state index in [-0.39, 0.29) is 18.2 Å². The number of rotatable bonds is 5. The van der Waals surface area contributed by atoms with Crippen LogP contribution < -0.4 is 4.74 Å². The van der Waals surface area contributed by atoms with E-state index in [0.29, 0.717) is 22.8 Å². The molecule has 0 spiro atoms. The van der Waals surface area contributed by atoms with Gasteiger partial charge in [-0.25, -0.2) is 4.39 Å². The van der Waals surface area contributed by atoms with Crippen molar-refractivity contribution in [2.45, 2.75) is 13.5 Å². The number of nitrogens with zero attached hydrogens (tertiary/aromatic N) is 1. The molecule has 3 aromatic rings. The number of hydrogen-bond donors (Lipinski definition) is 0. The molecule has 0 N–H and O–H groups in total. The molecule has 2 aromatic carbocycles. The number of benzene rings is 2. The van der Waals surface area contributed by atoms with E-state index in [1.807, 2.05) is 0 Å². The SMILES string of the molecule is CC(=O)c1ccc(OCc2cc(-c3ccc(F)cc3)no2)cc1. The second-order valence-corrected chi connectivity index (χ2v) is 5.05. The van der Waals surface area contributed by atoms with Crippen molar-refractivity contribution in [3.05, 3.63) is 71.7 Å². The summed E-state index contributed by atoms with van der Waals surface area (Å²) in [5, 5.41) is 3.94. The standard InChI is InChI=1S/C18H14FNO3/c1-12(21)13-4-8-16(9-5-13)22-11-17-10-18(20-23-17)14-2-6-15(19)7-3-14/h2-10H,11H2,1H3. The Hall–Kier alpha value is -2.95. The highest BCUT2D eigenvalue weighted by atomic mass is 19.1. The molecule has 0 radical (unpaired) electrons. The lowest BCUT2D eigenvalue weighted by Crippen LogP contribution is -1.95. The smallest absolute Gasteiger partial charge is 0.174 e. The van der Waals surface area contributed by atoms with Gasteiger partial charge in [0, 0.05) is 17.2 Å². The summed E-state index contributed by atoms with van der Waals surface area (Å²) >= 11 is 0. The first kappa shape index (κ1) is 15.0. The van der Waals surface area contributed by atoms with Gasteiger partial charge in [-0.05, 0) is 55.5 Å². The fraction of sp³-hybridized carbons (Fsp3) is 0.111. The number of ketones is 1. The number of carbonyl (C=O) groups excluding carboxylic acids is 1. The number of Topliss-reactive ketones (excluding diaryl/α,β-unsaturated/α-hetero) is 1. The van der Waals surface area contributed by atoms with Gasteiger partial charge in [0.25, 0.3) is 0 Å². The zero-order valence-corrected chi connectivity index (χ0v) is 12.5. The summed E-state index contributed by atoms with van der Waals surface area (Å²) in [6.07, 6.45) is 0. The summed E-state index contributed by atoms with van der Waals surface area (Å²) in [7, 11) is 0. The van der Waals surface area contributed by atoms with E-state index in [1.165, 1.54) is 19.1 Å². The van der Waals surface area contributed by atoms with Crippen LogP contribution in [0.2, 0.25) is 0 Å². The van der Waals surface area contributed by atoms with Crippen molar-refractivity contribution in [3.8, 4) is 17.0 Å². The minimum absolute atomic E-state index is 0.00993. The molecule has 23 heavy (non-hydrogen) atoms. The minimum Gasteiger partial charge on any atom is -0.486 e. The summed E-state index contributed by atoms with van der Waals surface area (Å²) in [5.74, 6) is 0.903. The summed E-state index contributed by atoms with van der Waals surface area (Å²) in [6.45, 7) is 1.73. The van der Waals surface area contributed by atoms with Gasteiger partial charge >= 0.3 is 0 Å². The largest absolute Gasteiger partial charge is 0.486 e. The van der Waals surface area contributed by atoms with Crippen LogP contribution in [0, 0.1) is 5.82 Å². The Bertz CT molecular complexity index is 807. The maximum atomic E-state index is 12.9. The average molecular weight is 311 g/mol. The lowest BCUT2D eigenvalue weighted by molar-refractivity contribution is 0.101. The van der Waals surface area contributed by atoms with Crippen LogP contribution in [0.1, 0.15) is 23.0 Å². The van der Waals surface area contributed by atoms with Gasteiger partial charge in [0.2, 0.25) is 0 Å². The molecule has 0 saturated carbocycles. The molecular formula is C18H14FNO3. The van der Waals surface area contributed by atoms with Crippen LogP contribution in [-0.2, 0) is 6.61 Å². The molecule has 0 saturated heterocycles. The zero-order valence-electron chi connectivity index (χ0n) is 12.5. The van der Waals surface area contributed by atoms with Gasteiger partial charge in [0.15, 0.2) is 11.5 Å². The summed E-state index contributed by atoms with van der Waals surface area (Å²) < 4.78 is 23.7. The van der Waals surface area contributed by atoms with E-state index in [1.54, 1.807) is 42.5 Å². The molecule has 4 nitrogen and oxygen atoms in total. The second-order valence-electron chi connectivity index (χ2n) is 5.05. The molecule has 116 valence electrons. The molecule has 0 fully saturated rings. The Balaban J connectivity index is 1.65. The first-order valence-electron chi connectivity index (χ1n) is 7.07. The van der Waals surface area contributed by atoms with E-state index < -0.39 is 0 Å². The van der Waals surface area contributed by atoms with E-state index in [2.05, 4.69) is 5.16 Å². The minimum atomic E-state index is -0.296. The van der Waals surface area contributed by atoms with Gasteiger partial charge in [-0.2, -0.15) is 0 Å². The van der Waals surface area contributed by atoms with E-state index in [9.17, 15) is 9.18 Å². The van der Waals surface area contributed by atoms with Crippen molar-refractivity contribution in [2.75, 3.05) is 0 Å². The van der Waals surface area contributed by atoms with Crippen LogP contribution in [0.15, 0.2) is 59.1 Å². The molecule has 0 bridgehead atoms. The van der Waals surface area contributed by atoms with E-state index in [0.717, 1.165) is 5.56 Å². The van der Waals surface area contributed by atoms with E-state index >= 15 is 0 Å². The highest BCUT2D eigenvalue weighted by Crippen LogP contribution is 2.21. The fourth-order valence-electron chi connectivity index (χ4n) is 2.08. The number of halogens is 1. The predicted octanol–water partition coefficient (Wildman–Crippen LogP) is 4.26. The molecule has 0 amide bonds. The quantitative estimate of drug-likeness (QED) is 0.661. The lowest BCUT2D eigenvalue weighted by atomic mass is 10.1. The van der Waals surface area contributed by atoms with Crippen molar-refractivity contribution in [1.82, 2.24) is 5.16 Å². The van der Waals surface area contributed by atoms with Crippen LogP contribution in [-0.4, -0.2) is 10.9 Å². The third kappa shape index (κ3) is 3.63. The van der Waals surface area contributed by atoms with Crippen molar-refractivity contribution in [1.29, 1.82) is 0 Å². The van der Waals surface area contributed by atoms with Crippen molar-refractivity contribution >= 4 is 5.78 Å². The van der Waals surface area contributed by atoms with E-state index in [4.69, 9.17) is 9.26 Å². The normalized spacial score (nSPS) is 10.5. The van der Waals surface area contributed by atoms with Crippen LogP contribution in [0.4, 0.5) is 4.39 Å². The molecular weight excluding hydrogens is 297 g/mol. The molecule has 3 rings (SSSR count). The number of hydrogen-bond acceptors (Lipinski definition) is 4. The maximum absolute atomic E-state index is 12.9. The van der Waals surface area contributed by atoms with Gasteiger partial charge in [0.1, 0.15) is 23.9 Å². The fourth-order valence-corrected chi connectivity index (χ4v) is 2.08. The molecule has 0 aliphatic rings. The molecule has 0 aliphatic carbocycles. The van der Waals surface area contributed by atoms with Crippen LogP contribution in [0.5, 0.6) is 5.75 Å². The summed E-state index contributed by atoms with van der Waals surface area (Å²) in [5.41, 5.74) is 2.03. The number of ether oxygens (including phenoxy) is 1. The Morgan fingerprint density at radius 3 is 2.48 bits per heavy atom. The molecule has 0 atom stereocenters. The summed E-state index contributed by atoms with van der Waals surface area (Å²) in [4.78, 5) is 11.2. The molecule has 0 aliphatic heterocycles. The number of aromatic nitrogens is 1. The predicted molar refractivity (Wildman–Crippen MR) is 82.7 cm³/mol. The Morgan fingerprint density at radius 2 is 1.83 bits per heavy atom. The highest BCUT2D eigenvalue weighted by Gasteiger charge is 2.08. The first-order chi connectivity index (χ1) is 11.1. The van der Waals surface area contributed by atoms with Crippen molar-refractivity contribution in [2.24, 2.45) is 0 Å². The topological polar surface area (TPSA) is 52.3 Å². The number of carbonyl (C=O) groups is 1. The van der Waals surface area contributed by atoms with Crippen molar-refractivity contribution in [3.63, 3.8) is 0 Å². The lowest BCUT2D eigenvalue weighted by Gasteiger charge is -2.03. The molecule has 1 aromatic heterocycles. The van der Waals surface area contributed by atoms with Crippen LogP contribution in [0.3, 0.4) is 0 Å². The molecule has 5 heteroatoms. The maximum Gasteiger partial charge on any atom is 0.174 e. The average Bonchev–Trinajstić information content (AvgIpc) is 3.03. The Kier molecular flexibility index (Phi) is 4.19. The first-order valence-corrected chi connectivity index (χ1v) is 7.07. The molecule has 1 heterocycles. The monoisotopic (exact) mass is 311 g/mol. The van der Waals surface area contributed by atoms with Gasteiger partial charge < -0.3 is 9.26 Å². The summed E-state index contributed by atoms with van der Waals surface area (Å²) in [6, 6.07) is 14.6. The third-order valence-electron chi connectivity index (χ3n) is 3.34. The van der Waals surface area contributed by atoms with Crippen molar-refractivity contribution < 1.29 is 18.4 Å². The molecule has 0 unspecified atom stereocenters. The highest BCUT2D eigenvalue weighted by molar-refractivity contribution is 5.94. The van der Waals surface area contributed by atoms with Gasteiger partial charge in [0.05, 0.1) is 0 Å². The van der Waals surface area contributed by atoms with Crippen LogP contribution in [0.25, 0.3) is 11.3 Å². The third-order valence-corrected chi connectivity index (χ3v) is 3.34. The van der Waals surface area contributed by atoms with Gasteiger partial charge in [-0.1, -0.05) is 5.16 Å². The second kappa shape index (κ2) is 6.44. The van der Waals surface area contributed by atoms with Gasteiger partial charge in [-0.3, -0.25) is 4.79 Å².